The van der Waals surface area contributed by atoms with Crippen molar-refractivity contribution in [2.45, 2.75) is 0 Å². The summed E-state index contributed by atoms with van der Waals surface area (Å²) in [6.07, 6.45) is 1.64. The monoisotopic (exact) mass is 462 g/mol. The number of hydrogen-bond acceptors (Lipinski definition) is 6. The third-order valence-corrected chi connectivity index (χ3v) is 6.12. The Bertz CT molecular complexity index is 1270. The minimum Gasteiger partial charge on any atom is -0.493 e. The van der Waals surface area contributed by atoms with Crippen LogP contribution in [0.15, 0.2) is 65.6 Å². The molecular weight excluding hydrogens is 440 g/mol. The van der Waals surface area contributed by atoms with E-state index < -0.39 is 0 Å². The summed E-state index contributed by atoms with van der Waals surface area (Å²) in [6, 6.07) is 18.5. The minimum atomic E-state index is -0.389. The molecule has 4 rings (SSSR count). The topological polar surface area (TPSA) is 84.9 Å². The second-order valence-electron chi connectivity index (χ2n) is 7.27. The summed E-state index contributed by atoms with van der Waals surface area (Å²) in [6.45, 7) is 0.251. The van der Waals surface area contributed by atoms with Gasteiger partial charge in [0.25, 0.3) is 17.1 Å². The Morgan fingerprint density at radius 1 is 0.970 bits per heavy atom. The predicted octanol–water partition coefficient (Wildman–Crippen LogP) is 4.32. The first-order chi connectivity index (χ1) is 16.0. The number of benzene rings is 3. The smallest absolute Gasteiger partial charge is 0.293 e. The van der Waals surface area contributed by atoms with Gasteiger partial charge >= 0.3 is 0 Å². The van der Waals surface area contributed by atoms with Crippen molar-refractivity contribution in [3.8, 4) is 11.5 Å². The van der Waals surface area contributed by atoms with Crippen molar-refractivity contribution in [2.24, 2.45) is 0 Å². The van der Waals surface area contributed by atoms with Crippen LogP contribution < -0.4 is 14.8 Å². The van der Waals surface area contributed by atoms with E-state index in [-0.39, 0.29) is 30.1 Å². The summed E-state index contributed by atoms with van der Waals surface area (Å²) in [5.74, 6) is 0.458. The van der Waals surface area contributed by atoms with Crippen LogP contribution in [0.4, 0.5) is 4.79 Å². The molecule has 8 heteroatoms. The zero-order valence-electron chi connectivity index (χ0n) is 18.2. The largest absolute Gasteiger partial charge is 0.493 e. The normalized spacial score (nSPS) is 14.7. The van der Waals surface area contributed by atoms with Gasteiger partial charge in [0.15, 0.2) is 11.5 Å². The van der Waals surface area contributed by atoms with Gasteiger partial charge in [-0.15, -0.1) is 0 Å². The third kappa shape index (κ3) is 4.85. The van der Waals surface area contributed by atoms with Gasteiger partial charge in [-0.05, 0) is 58.4 Å². The number of carbonyl (C=O) groups is 3. The Hall–Kier alpha value is -3.78. The zero-order valence-corrected chi connectivity index (χ0v) is 19.0. The van der Waals surface area contributed by atoms with E-state index >= 15 is 0 Å². The molecule has 1 saturated heterocycles. The summed E-state index contributed by atoms with van der Waals surface area (Å²) >= 11 is 0.870. The van der Waals surface area contributed by atoms with Gasteiger partial charge in [0.05, 0.1) is 19.1 Å². The standard InChI is InChI=1S/C25H22N2O5S/c1-31-20-10-7-16(13-21(20)32-2)14-22-24(29)27(25(30)33-22)12-11-26-23(28)19-9-8-17-5-3-4-6-18(17)15-19/h3-10,13-15H,11-12H2,1-2H3,(H,26,28)/b22-14+. The van der Waals surface area contributed by atoms with Crippen LogP contribution in [0.2, 0.25) is 0 Å². The lowest BCUT2D eigenvalue weighted by molar-refractivity contribution is -0.122. The molecule has 33 heavy (non-hydrogen) atoms. The maximum Gasteiger partial charge on any atom is 0.293 e. The van der Waals surface area contributed by atoms with Gasteiger partial charge in [0, 0.05) is 18.7 Å². The highest BCUT2D eigenvalue weighted by atomic mass is 32.2. The summed E-state index contributed by atoms with van der Waals surface area (Å²) < 4.78 is 10.5. The van der Waals surface area contributed by atoms with Crippen molar-refractivity contribution in [1.82, 2.24) is 10.2 Å². The highest BCUT2D eigenvalue weighted by molar-refractivity contribution is 8.18. The lowest BCUT2D eigenvalue weighted by atomic mass is 10.1. The summed E-state index contributed by atoms with van der Waals surface area (Å²) in [4.78, 5) is 39.1. The van der Waals surface area contributed by atoms with Crippen LogP contribution >= 0.6 is 11.8 Å². The number of methoxy groups -OCH3 is 2. The van der Waals surface area contributed by atoms with Crippen LogP contribution in [0, 0.1) is 0 Å². The first kappa shape index (κ1) is 22.4. The fraction of sp³-hybridized carbons (Fsp3) is 0.160. The number of amides is 3. The number of nitrogens with zero attached hydrogens (tertiary/aromatic N) is 1. The molecule has 0 aromatic heterocycles. The number of nitrogens with one attached hydrogen (secondary N) is 1. The number of imide groups is 1. The van der Waals surface area contributed by atoms with Crippen molar-refractivity contribution < 1.29 is 23.9 Å². The fourth-order valence-electron chi connectivity index (χ4n) is 3.50. The van der Waals surface area contributed by atoms with Gasteiger partial charge in [-0.1, -0.05) is 36.4 Å². The van der Waals surface area contributed by atoms with E-state index in [1.807, 2.05) is 36.4 Å². The number of ether oxygens (including phenoxy) is 2. The van der Waals surface area contributed by atoms with Crippen LogP contribution in [0.5, 0.6) is 11.5 Å². The van der Waals surface area contributed by atoms with Gasteiger partial charge in [-0.25, -0.2) is 0 Å². The third-order valence-electron chi connectivity index (χ3n) is 5.21. The van der Waals surface area contributed by atoms with Crippen molar-refractivity contribution in [3.63, 3.8) is 0 Å². The minimum absolute atomic E-state index is 0.0905. The van der Waals surface area contributed by atoms with Crippen LogP contribution in [-0.2, 0) is 4.79 Å². The molecule has 3 amide bonds. The van der Waals surface area contributed by atoms with E-state index in [9.17, 15) is 14.4 Å². The molecule has 0 aliphatic carbocycles. The first-order valence-corrected chi connectivity index (χ1v) is 11.1. The highest BCUT2D eigenvalue weighted by Gasteiger charge is 2.34. The lowest BCUT2D eigenvalue weighted by Crippen LogP contribution is -2.37. The molecule has 3 aromatic carbocycles. The van der Waals surface area contributed by atoms with E-state index in [1.54, 1.807) is 37.5 Å². The number of rotatable bonds is 7. The van der Waals surface area contributed by atoms with Gasteiger partial charge in [0.2, 0.25) is 0 Å². The van der Waals surface area contributed by atoms with Gasteiger partial charge in [-0.2, -0.15) is 0 Å². The van der Waals surface area contributed by atoms with E-state index in [4.69, 9.17) is 9.47 Å². The van der Waals surface area contributed by atoms with Crippen LogP contribution in [-0.4, -0.2) is 49.3 Å². The molecule has 0 saturated carbocycles. The maximum atomic E-state index is 12.7. The first-order valence-electron chi connectivity index (χ1n) is 10.2. The quantitative estimate of drug-likeness (QED) is 0.527. The fourth-order valence-corrected chi connectivity index (χ4v) is 4.37. The Kier molecular flexibility index (Phi) is 6.65. The molecule has 168 valence electrons. The molecule has 0 radical (unpaired) electrons. The van der Waals surface area contributed by atoms with Crippen molar-refractivity contribution in [3.05, 3.63) is 76.7 Å². The Morgan fingerprint density at radius 3 is 2.48 bits per heavy atom. The van der Waals surface area contributed by atoms with Crippen LogP contribution in [0.3, 0.4) is 0 Å². The van der Waals surface area contributed by atoms with Crippen molar-refractivity contribution in [1.29, 1.82) is 0 Å². The molecule has 7 nitrogen and oxygen atoms in total. The molecule has 3 aromatic rings. The molecule has 1 heterocycles. The Morgan fingerprint density at radius 2 is 1.73 bits per heavy atom. The molecular formula is C25H22N2O5S. The van der Waals surface area contributed by atoms with Gasteiger partial charge in [0.1, 0.15) is 0 Å². The number of fused-ring (bicyclic) bond motifs is 1. The Balaban J connectivity index is 1.39. The van der Waals surface area contributed by atoms with E-state index in [0.717, 1.165) is 27.4 Å². The van der Waals surface area contributed by atoms with E-state index in [0.29, 0.717) is 27.5 Å². The second-order valence-corrected chi connectivity index (χ2v) is 8.26. The summed E-state index contributed by atoms with van der Waals surface area (Å²) in [7, 11) is 3.07. The van der Waals surface area contributed by atoms with Gasteiger partial charge in [-0.3, -0.25) is 19.3 Å². The van der Waals surface area contributed by atoms with E-state index in [1.165, 1.54) is 7.11 Å². The summed E-state index contributed by atoms with van der Waals surface area (Å²) in [5.41, 5.74) is 1.24. The molecule has 1 aliphatic heterocycles. The predicted molar refractivity (Wildman–Crippen MR) is 129 cm³/mol. The van der Waals surface area contributed by atoms with Gasteiger partial charge < -0.3 is 14.8 Å². The number of thioether (sulfide) groups is 1. The average Bonchev–Trinajstić information content (AvgIpc) is 3.10. The molecule has 1 aliphatic rings. The molecule has 1 fully saturated rings. The summed E-state index contributed by atoms with van der Waals surface area (Å²) in [5, 5.41) is 4.43. The van der Waals surface area contributed by atoms with Crippen molar-refractivity contribution >= 4 is 45.7 Å². The molecule has 1 N–H and O–H groups in total. The molecule has 0 unspecified atom stereocenters. The van der Waals surface area contributed by atoms with Crippen molar-refractivity contribution in [2.75, 3.05) is 27.3 Å². The number of carbonyl (C=O) groups excluding carboxylic acids is 3. The second kappa shape index (κ2) is 9.79. The lowest BCUT2D eigenvalue weighted by Gasteiger charge is -2.13. The average molecular weight is 463 g/mol. The molecule has 0 bridgehead atoms. The number of hydrogen-bond donors (Lipinski definition) is 1. The SMILES string of the molecule is COc1ccc(/C=C2/SC(=O)N(CCNC(=O)c3ccc4ccccc4c3)C2=O)cc1OC. The highest BCUT2D eigenvalue weighted by Crippen LogP contribution is 2.34. The molecule has 0 atom stereocenters. The Labute approximate surface area is 195 Å². The van der Waals surface area contributed by atoms with Crippen LogP contribution in [0.1, 0.15) is 15.9 Å². The maximum absolute atomic E-state index is 12.7. The zero-order chi connectivity index (χ0) is 23.4. The van der Waals surface area contributed by atoms with Crippen LogP contribution in [0.25, 0.3) is 16.8 Å². The molecule has 0 spiro atoms. The van der Waals surface area contributed by atoms with E-state index in [2.05, 4.69) is 5.32 Å².